The van der Waals surface area contributed by atoms with Crippen LogP contribution in [0.3, 0.4) is 0 Å². The molecule has 0 radical (unpaired) electrons. The number of anilines is 1. The highest BCUT2D eigenvalue weighted by atomic mass is 32.2. The maximum absolute atomic E-state index is 13.2. The molecule has 11 heteroatoms. The Bertz CT molecular complexity index is 1170. The Morgan fingerprint density at radius 3 is 2.52 bits per heavy atom. The largest absolute Gasteiger partial charge is 0.369 e. The first-order chi connectivity index (χ1) is 14.0. The van der Waals surface area contributed by atoms with Crippen LogP contribution in [-0.4, -0.2) is 59.3 Å². The molecule has 0 saturated carbocycles. The summed E-state index contributed by atoms with van der Waals surface area (Å²) in [6.45, 7) is 1.63. The maximum Gasteiger partial charge on any atom is 0.246 e. The summed E-state index contributed by atoms with van der Waals surface area (Å²) in [5, 5.41) is 17.3. The van der Waals surface area contributed by atoms with Gasteiger partial charge in [-0.3, -0.25) is 4.40 Å². The van der Waals surface area contributed by atoms with Crippen molar-refractivity contribution in [2.45, 2.75) is 10.1 Å². The molecule has 0 bridgehead atoms. The third-order valence-electron chi connectivity index (χ3n) is 4.68. The van der Waals surface area contributed by atoms with Crippen molar-refractivity contribution < 1.29 is 12.8 Å². The second-order valence-electron chi connectivity index (χ2n) is 6.36. The Morgan fingerprint density at radius 2 is 1.83 bits per heavy atom. The number of benzene rings is 1. The maximum atomic E-state index is 13.2. The lowest BCUT2D eigenvalue weighted by Gasteiger charge is -2.35. The average Bonchev–Trinajstić information content (AvgIpc) is 3.16. The first kappa shape index (κ1) is 19.6. The topological polar surface area (TPSA) is 94.6 Å². The van der Waals surface area contributed by atoms with Gasteiger partial charge in [0.25, 0.3) is 0 Å². The summed E-state index contributed by atoms with van der Waals surface area (Å²) in [6.07, 6.45) is 1.68. The van der Waals surface area contributed by atoms with Crippen LogP contribution in [-0.2, 0) is 10.0 Å². The fourth-order valence-corrected chi connectivity index (χ4v) is 5.37. The van der Waals surface area contributed by atoms with E-state index in [4.69, 9.17) is 5.26 Å². The molecule has 3 heterocycles. The number of pyridine rings is 1. The van der Waals surface area contributed by atoms with Crippen molar-refractivity contribution in [3.63, 3.8) is 0 Å². The summed E-state index contributed by atoms with van der Waals surface area (Å²) in [4.78, 5) is 2.12. The van der Waals surface area contributed by atoms with Gasteiger partial charge in [0.05, 0.1) is 11.8 Å². The molecule has 0 amide bonds. The predicted octanol–water partition coefficient (Wildman–Crippen LogP) is 1.99. The molecule has 0 unspecified atom stereocenters. The SMILES string of the molecule is N#CCSc1nnc2c(S(=O)(=O)N3CCN(c4ccc(F)cc4)CC3)cccn12. The molecule has 0 N–H and O–H groups in total. The van der Waals surface area contributed by atoms with E-state index < -0.39 is 10.0 Å². The Hall–Kier alpha value is -2.68. The monoisotopic (exact) mass is 432 g/mol. The van der Waals surface area contributed by atoms with Gasteiger partial charge in [0.2, 0.25) is 10.0 Å². The van der Waals surface area contributed by atoms with Gasteiger partial charge in [0.1, 0.15) is 10.7 Å². The number of aromatic nitrogens is 3. The molecule has 4 rings (SSSR count). The zero-order valence-corrected chi connectivity index (χ0v) is 16.9. The third kappa shape index (κ3) is 3.78. The van der Waals surface area contributed by atoms with E-state index in [9.17, 15) is 12.8 Å². The molecule has 8 nitrogen and oxygen atoms in total. The first-order valence-corrected chi connectivity index (χ1v) is 11.3. The van der Waals surface area contributed by atoms with Crippen LogP contribution in [0.4, 0.5) is 10.1 Å². The van der Waals surface area contributed by atoms with Crippen molar-refractivity contribution in [3.8, 4) is 6.07 Å². The number of piperazine rings is 1. The van der Waals surface area contributed by atoms with Crippen molar-refractivity contribution in [1.82, 2.24) is 18.9 Å². The summed E-state index contributed by atoms with van der Waals surface area (Å²) in [5.41, 5.74) is 1.11. The van der Waals surface area contributed by atoms with Crippen molar-refractivity contribution in [3.05, 3.63) is 48.4 Å². The summed E-state index contributed by atoms with van der Waals surface area (Å²) in [7, 11) is -3.76. The third-order valence-corrected chi connectivity index (χ3v) is 7.41. The highest BCUT2D eigenvalue weighted by Gasteiger charge is 2.31. The molecular formula is C18H17FN6O2S2. The van der Waals surface area contributed by atoms with Gasteiger partial charge in [-0.1, -0.05) is 11.8 Å². The molecule has 0 aliphatic carbocycles. The molecule has 3 aromatic rings. The quantitative estimate of drug-likeness (QED) is 0.569. The number of hydrogen-bond donors (Lipinski definition) is 0. The standard InChI is InChI=1S/C18H17FN6O2S2/c19-14-3-5-15(6-4-14)23-9-11-24(12-10-23)29(26,27)16-2-1-8-25-17(16)21-22-18(25)28-13-7-20/h1-6,8H,9-13H2. The number of sulfonamides is 1. The molecule has 1 fully saturated rings. The average molecular weight is 433 g/mol. The first-order valence-electron chi connectivity index (χ1n) is 8.85. The second-order valence-corrected chi connectivity index (χ2v) is 9.21. The summed E-state index contributed by atoms with van der Waals surface area (Å²) in [6, 6.07) is 11.3. The van der Waals surface area contributed by atoms with Gasteiger partial charge < -0.3 is 4.90 Å². The number of nitriles is 1. The fourth-order valence-electron chi connectivity index (χ4n) is 3.24. The van der Waals surface area contributed by atoms with Crippen LogP contribution in [0, 0.1) is 17.1 Å². The summed E-state index contributed by atoms with van der Waals surface area (Å²) < 4.78 is 42.6. The van der Waals surface area contributed by atoms with E-state index in [0.29, 0.717) is 31.3 Å². The lowest BCUT2D eigenvalue weighted by Crippen LogP contribution is -2.48. The van der Waals surface area contributed by atoms with E-state index in [1.54, 1.807) is 28.8 Å². The zero-order chi connectivity index (χ0) is 20.4. The van der Waals surface area contributed by atoms with E-state index in [1.807, 2.05) is 11.0 Å². The minimum Gasteiger partial charge on any atom is -0.369 e. The molecule has 29 heavy (non-hydrogen) atoms. The van der Waals surface area contributed by atoms with Crippen molar-refractivity contribution >= 4 is 33.1 Å². The number of fused-ring (bicyclic) bond motifs is 1. The molecule has 150 valence electrons. The van der Waals surface area contributed by atoms with Crippen molar-refractivity contribution in [2.75, 3.05) is 36.8 Å². The van der Waals surface area contributed by atoms with E-state index in [-0.39, 0.29) is 22.1 Å². The van der Waals surface area contributed by atoms with Gasteiger partial charge in [0, 0.05) is 38.1 Å². The Labute approximate surface area is 171 Å². The van der Waals surface area contributed by atoms with Crippen molar-refractivity contribution in [2.24, 2.45) is 0 Å². The molecule has 2 aromatic heterocycles. The lowest BCUT2D eigenvalue weighted by molar-refractivity contribution is 0.385. The number of nitrogens with zero attached hydrogens (tertiary/aromatic N) is 6. The summed E-state index contributed by atoms with van der Waals surface area (Å²) >= 11 is 1.20. The molecular weight excluding hydrogens is 415 g/mol. The van der Waals surface area contributed by atoms with Crippen LogP contribution < -0.4 is 4.90 Å². The van der Waals surface area contributed by atoms with E-state index in [1.165, 1.54) is 34.3 Å². The van der Waals surface area contributed by atoms with Gasteiger partial charge in [-0.25, -0.2) is 12.8 Å². The summed E-state index contributed by atoms with van der Waals surface area (Å²) in [5.74, 6) is -0.105. The van der Waals surface area contributed by atoms with Crippen LogP contribution in [0.1, 0.15) is 0 Å². The zero-order valence-electron chi connectivity index (χ0n) is 15.3. The van der Waals surface area contributed by atoms with Crippen LogP contribution in [0.25, 0.3) is 5.65 Å². The molecule has 1 aromatic carbocycles. The molecule has 0 spiro atoms. The van der Waals surface area contributed by atoms with Crippen molar-refractivity contribution in [1.29, 1.82) is 5.26 Å². The number of halogens is 1. The van der Waals surface area contributed by atoms with E-state index in [2.05, 4.69) is 10.2 Å². The lowest BCUT2D eigenvalue weighted by atomic mass is 10.2. The molecule has 1 aliphatic rings. The number of rotatable bonds is 5. The highest BCUT2D eigenvalue weighted by Crippen LogP contribution is 2.25. The molecule has 0 atom stereocenters. The Morgan fingerprint density at radius 1 is 1.10 bits per heavy atom. The normalized spacial score (nSPS) is 15.5. The highest BCUT2D eigenvalue weighted by molar-refractivity contribution is 7.99. The minimum absolute atomic E-state index is 0.0894. The number of thioether (sulfide) groups is 1. The second kappa shape index (κ2) is 7.98. The van der Waals surface area contributed by atoms with Crippen LogP contribution in [0.2, 0.25) is 0 Å². The molecule has 1 saturated heterocycles. The van der Waals surface area contributed by atoms with Crippen LogP contribution in [0.15, 0.2) is 52.6 Å². The Kier molecular flexibility index (Phi) is 5.40. The van der Waals surface area contributed by atoms with Gasteiger partial charge in [-0.05, 0) is 36.4 Å². The smallest absolute Gasteiger partial charge is 0.246 e. The van der Waals surface area contributed by atoms with Gasteiger partial charge in [-0.15, -0.1) is 10.2 Å². The number of hydrogen-bond acceptors (Lipinski definition) is 7. The van der Waals surface area contributed by atoms with E-state index >= 15 is 0 Å². The van der Waals surface area contributed by atoms with Crippen LogP contribution >= 0.6 is 11.8 Å². The fraction of sp³-hybridized carbons (Fsp3) is 0.278. The van der Waals surface area contributed by atoms with Gasteiger partial charge >= 0.3 is 0 Å². The van der Waals surface area contributed by atoms with Gasteiger partial charge in [-0.2, -0.15) is 9.57 Å². The molecule has 1 aliphatic heterocycles. The predicted molar refractivity (Wildman–Crippen MR) is 107 cm³/mol. The van der Waals surface area contributed by atoms with E-state index in [0.717, 1.165) is 5.69 Å². The minimum atomic E-state index is -3.76. The van der Waals surface area contributed by atoms with Crippen LogP contribution in [0.5, 0.6) is 0 Å². The van der Waals surface area contributed by atoms with Gasteiger partial charge in [0.15, 0.2) is 10.8 Å². The Balaban J connectivity index is 1.56.